The average Bonchev–Trinajstić information content (AvgIpc) is 2.81. The third-order valence-electron chi connectivity index (χ3n) is 2.31. The van der Waals surface area contributed by atoms with Crippen LogP contribution in [-0.2, 0) is 6.42 Å². The Morgan fingerprint density at radius 3 is 3.00 bits per heavy atom. The van der Waals surface area contributed by atoms with Gasteiger partial charge < -0.3 is 15.6 Å². The molecule has 0 aliphatic carbocycles. The van der Waals surface area contributed by atoms with Gasteiger partial charge in [-0.25, -0.2) is 0 Å². The largest absolute Gasteiger partial charge is 0.393 e. The molecular formula is C10H11N5O3. The van der Waals surface area contributed by atoms with Crippen LogP contribution in [0.4, 0.5) is 17.1 Å². The molecule has 0 fully saturated rings. The Hall–Kier alpha value is -2.64. The highest BCUT2D eigenvalue weighted by Crippen LogP contribution is 2.30. The van der Waals surface area contributed by atoms with Crippen LogP contribution >= 0.6 is 0 Å². The zero-order valence-electron chi connectivity index (χ0n) is 9.37. The third-order valence-corrected chi connectivity index (χ3v) is 2.31. The highest BCUT2D eigenvalue weighted by molar-refractivity contribution is 5.74. The van der Waals surface area contributed by atoms with E-state index >= 15 is 0 Å². The van der Waals surface area contributed by atoms with Gasteiger partial charge in [-0.15, -0.1) is 0 Å². The summed E-state index contributed by atoms with van der Waals surface area (Å²) in [6.45, 7) is 0.437. The fraction of sp³-hybridized carbons (Fsp3) is 0.200. The second kappa shape index (κ2) is 5.13. The number of para-hydroxylation sites is 1. The molecule has 0 aliphatic heterocycles. The number of nitrogen functional groups attached to an aromatic ring is 1. The molecule has 0 bridgehead atoms. The van der Waals surface area contributed by atoms with E-state index in [1.54, 1.807) is 12.1 Å². The van der Waals surface area contributed by atoms with Crippen molar-refractivity contribution in [1.82, 2.24) is 10.1 Å². The minimum atomic E-state index is -0.510. The summed E-state index contributed by atoms with van der Waals surface area (Å²) in [6, 6.07) is 4.74. The highest BCUT2D eigenvalue weighted by Gasteiger charge is 2.17. The second-order valence-electron chi connectivity index (χ2n) is 3.51. The molecule has 0 amide bonds. The van der Waals surface area contributed by atoms with Crippen LogP contribution in [0.15, 0.2) is 29.0 Å². The molecule has 0 radical (unpaired) electrons. The van der Waals surface area contributed by atoms with E-state index in [1.165, 1.54) is 12.4 Å². The molecule has 1 heterocycles. The van der Waals surface area contributed by atoms with E-state index in [0.717, 1.165) is 0 Å². The van der Waals surface area contributed by atoms with Crippen molar-refractivity contribution in [3.63, 3.8) is 0 Å². The van der Waals surface area contributed by atoms with E-state index in [1.807, 2.05) is 0 Å². The number of nitrogens with one attached hydrogen (secondary N) is 1. The van der Waals surface area contributed by atoms with Crippen LogP contribution in [0.2, 0.25) is 0 Å². The van der Waals surface area contributed by atoms with Gasteiger partial charge in [0.15, 0.2) is 6.33 Å². The minimum absolute atomic E-state index is 0.122. The molecule has 0 saturated heterocycles. The molecular weight excluding hydrogens is 238 g/mol. The molecule has 0 atom stereocenters. The Labute approximate surface area is 102 Å². The zero-order chi connectivity index (χ0) is 13.0. The van der Waals surface area contributed by atoms with Gasteiger partial charge in [-0.1, -0.05) is 11.2 Å². The van der Waals surface area contributed by atoms with Crippen molar-refractivity contribution in [3.8, 4) is 0 Å². The first-order valence-electron chi connectivity index (χ1n) is 5.21. The van der Waals surface area contributed by atoms with Crippen LogP contribution in [0.25, 0.3) is 0 Å². The second-order valence-corrected chi connectivity index (χ2v) is 3.51. The molecule has 2 aromatic rings. The van der Waals surface area contributed by atoms with Crippen molar-refractivity contribution in [2.24, 2.45) is 0 Å². The number of nitrogens with two attached hydrogens (primary N) is 1. The van der Waals surface area contributed by atoms with Gasteiger partial charge in [-0.05, 0) is 12.1 Å². The predicted molar refractivity (Wildman–Crippen MR) is 64.0 cm³/mol. The van der Waals surface area contributed by atoms with E-state index in [0.29, 0.717) is 24.5 Å². The Balaban J connectivity index is 2.05. The summed E-state index contributed by atoms with van der Waals surface area (Å²) in [7, 11) is 0. The molecule has 94 valence electrons. The average molecular weight is 249 g/mol. The lowest BCUT2D eigenvalue weighted by molar-refractivity contribution is -0.383. The number of rotatable bonds is 5. The summed E-state index contributed by atoms with van der Waals surface area (Å²) in [5.74, 6) is 0.467. The number of nitro benzene ring substituents is 1. The number of benzene rings is 1. The van der Waals surface area contributed by atoms with Crippen LogP contribution in [0.3, 0.4) is 0 Å². The lowest BCUT2D eigenvalue weighted by Crippen LogP contribution is -2.08. The SMILES string of the molecule is Nc1cccc(NCCc2ncno2)c1[N+](=O)[O-]. The minimum Gasteiger partial charge on any atom is -0.393 e. The van der Waals surface area contributed by atoms with Crippen molar-refractivity contribution in [2.45, 2.75) is 6.42 Å². The van der Waals surface area contributed by atoms with Gasteiger partial charge in [0.2, 0.25) is 5.89 Å². The van der Waals surface area contributed by atoms with Crippen LogP contribution in [0.1, 0.15) is 5.89 Å². The van der Waals surface area contributed by atoms with Crippen molar-refractivity contribution in [1.29, 1.82) is 0 Å². The van der Waals surface area contributed by atoms with Crippen molar-refractivity contribution in [3.05, 3.63) is 40.5 Å². The molecule has 18 heavy (non-hydrogen) atoms. The first-order valence-corrected chi connectivity index (χ1v) is 5.21. The fourth-order valence-corrected chi connectivity index (χ4v) is 1.52. The fourth-order valence-electron chi connectivity index (χ4n) is 1.52. The van der Waals surface area contributed by atoms with Gasteiger partial charge in [-0.3, -0.25) is 10.1 Å². The van der Waals surface area contributed by atoms with Crippen LogP contribution in [0.5, 0.6) is 0 Å². The van der Waals surface area contributed by atoms with Gasteiger partial charge in [-0.2, -0.15) is 4.98 Å². The van der Waals surface area contributed by atoms with Gasteiger partial charge in [0.1, 0.15) is 11.4 Å². The monoisotopic (exact) mass is 249 g/mol. The predicted octanol–water partition coefficient (Wildman–Crippen LogP) is 1.21. The van der Waals surface area contributed by atoms with Gasteiger partial charge >= 0.3 is 5.69 Å². The van der Waals surface area contributed by atoms with E-state index in [4.69, 9.17) is 10.3 Å². The van der Waals surface area contributed by atoms with E-state index in [9.17, 15) is 10.1 Å². The van der Waals surface area contributed by atoms with E-state index < -0.39 is 4.92 Å². The maximum Gasteiger partial charge on any atom is 0.314 e. The normalized spacial score (nSPS) is 10.2. The standard InChI is InChI=1S/C10H11N5O3/c11-7-2-1-3-8(10(7)15(16)17)12-5-4-9-13-6-14-18-9/h1-3,6,12H,4-5,11H2. The number of aromatic nitrogens is 2. The summed E-state index contributed by atoms with van der Waals surface area (Å²) in [6.07, 6.45) is 1.78. The number of hydrogen-bond donors (Lipinski definition) is 2. The molecule has 8 nitrogen and oxygen atoms in total. The molecule has 0 saturated carbocycles. The summed E-state index contributed by atoms with van der Waals surface area (Å²) < 4.78 is 4.81. The topological polar surface area (TPSA) is 120 Å². The summed E-state index contributed by atoms with van der Waals surface area (Å²) in [4.78, 5) is 14.2. The Kier molecular flexibility index (Phi) is 3.37. The van der Waals surface area contributed by atoms with Gasteiger partial charge in [0.05, 0.1) is 4.92 Å². The molecule has 0 aliphatic rings. The Morgan fingerprint density at radius 1 is 1.50 bits per heavy atom. The lowest BCUT2D eigenvalue weighted by atomic mass is 10.2. The van der Waals surface area contributed by atoms with E-state index in [2.05, 4.69) is 15.5 Å². The van der Waals surface area contributed by atoms with Crippen LogP contribution in [-0.4, -0.2) is 21.6 Å². The molecule has 0 unspecified atom stereocenters. The first-order chi connectivity index (χ1) is 8.68. The lowest BCUT2D eigenvalue weighted by Gasteiger charge is -2.06. The van der Waals surface area contributed by atoms with Crippen molar-refractivity contribution >= 4 is 17.1 Å². The number of hydrogen-bond acceptors (Lipinski definition) is 7. The number of anilines is 2. The Bertz CT molecular complexity index is 540. The zero-order valence-corrected chi connectivity index (χ0v) is 9.37. The molecule has 1 aromatic carbocycles. The Morgan fingerprint density at radius 2 is 2.33 bits per heavy atom. The van der Waals surface area contributed by atoms with Crippen molar-refractivity contribution in [2.75, 3.05) is 17.6 Å². The number of nitrogens with zero attached hydrogens (tertiary/aromatic N) is 3. The third kappa shape index (κ3) is 2.54. The molecule has 8 heteroatoms. The highest BCUT2D eigenvalue weighted by atomic mass is 16.6. The number of nitro groups is 1. The summed E-state index contributed by atoms with van der Waals surface area (Å²) in [5, 5.41) is 17.3. The van der Waals surface area contributed by atoms with E-state index in [-0.39, 0.29) is 11.4 Å². The maximum absolute atomic E-state index is 10.9. The molecule has 1 aromatic heterocycles. The van der Waals surface area contributed by atoms with Crippen molar-refractivity contribution < 1.29 is 9.45 Å². The summed E-state index contributed by atoms with van der Waals surface area (Å²) >= 11 is 0. The summed E-state index contributed by atoms with van der Waals surface area (Å²) in [5.41, 5.74) is 5.95. The smallest absolute Gasteiger partial charge is 0.314 e. The van der Waals surface area contributed by atoms with Gasteiger partial charge in [0, 0.05) is 13.0 Å². The molecule has 0 spiro atoms. The molecule has 2 rings (SSSR count). The maximum atomic E-state index is 10.9. The quantitative estimate of drug-likeness (QED) is 0.464. The first kappa shape index (κ1) is 11.8. The molecule has 3 N–H and O–H groups in total. The van der Waals surface area contributed by atoms with Crippen LogP contribution in [0, 0.1) is 10.1 Å². The van der Waals surface area contributed by atoms with Crippen LogP contribution < -0.4 is 11.1 Å². The van der Waals surface area contributed by atoms with Gasteiger partial charge in [0.25, 0.3) is 0 Å².